The Kier molecular flexibility index (Phi) is 5.81. The summed E-state index contributed by atoms with van der Waals surface area (Å²) < 4.78 is 11.4. The average Bonchev–Trinajstić information content (AvgIpc) is 3.28. The zero-order chi connectivity index (χ0) is 19.3. The van der Waals surface area contributed by atoms with Gasteiger partial charge in [-0.25, -0.2) is 0 Å². The van der Waals surface area contributed by atoms with Gasteiger partial charge < -0.3 is 14.8 Å². The van der Waals surface area contributed by atoms with E-state index in [1.165, 1.54) is 12.8 Å². The molecule has 1 N–H and O–H groups in total. The number of nitrogens with zero attached hydrogens (tertiary/aromatic N) is 1. The fourth-order valence-corrected chi connectivity index (χ4v) is 4.27. The fraction of sp³-hybridized carbons (Fsp3) is 0.435. The zero-order valence-electron chi connectivity index (χ0n) is 16.4. The van der Waals surface area contributed by atoms with Crippen LogP contribution in [-0.2, 0) is 11.2 Å². The topological polar surface area (TPSA) is 50.8 Å². The Labute approximate surface area is 166 Å². The van der Waals surface area contributed by atoms with Gasteiger partial charge in [0.25, 0.3) is 0 Å². The van der Waals surface area contributed by atoms with E-state index < -0.39 is 0 Å². The first-order valence-electron chi connectivity index (χ1n) is 10.1. The summed E-state index contributed by atoms with van der Waals surface area (Å²) in [6.45, 7) is 3.13. The van der Waals surface area contributed by atoms with Gasteiger partial charge in [0, 0.05) is 12.1 Å². The summed E-state index contributed by atoms with van der Waals surface area (Å²) in [7, 11) is 1.70. The summed E-state index contributed by atoms with van der Waals surface area (Å²) in [5.41, 5.74) is 2.24. The lowest BCUT2D eigenvalue weighted by Crippen LogP contribution is -2.42. The number of hydrogen-bond acceptors (Lipinski definition) is 4. The van der Waals surface area contributed by atoms with Crippen molar-refractivity contribution in [3.8, 4) is 11.5 Å². The molecule has 0 saturated carbocycles. The van der Waals surface area contributed by atoms with E-state index >= 15 is 0 Å². The van der Waals surface area contributed by atoms with Gasteiger partial charge in [0.2, 0.25) is 5.91 Å². The third kappa shape index (κ3) is 3.99. The fourth-order valence-electron chi connectivity index (χ4n) is 4.27. The minimum absolute atomic E-state index is 0.0635. The molecule has 4 rings (SSSR count). The molecule has 2 aliphatic rings. The Hall–Kier alpha value is -2.53. The van der Waals surface area contributed by atoms with Crippen molar-refractivity contribution in [2.75, 3.05) is 33.4 Å². The molecule has 1 amide bonds. The maximum absolute atomic E-state index is 12.9. The van der Waals surface area contributed by atoms with Gasteiger partial charge in [-0.1, -0.05) is 36.4 Å². The first-order chi connectivity index (χ1) is 13.8. The van der Waals surface area contributed by atoms with E-state index in [0.717, 1.165) is 42.1 Å². The van der Waals surface area contributed by atoms with Gasteiger partial charge in [-0.3, -0.25) is 9.69 Å². The average molecular weight is 380 g/mol. The van der Waals surface area contributed by atoms with Gasteiger partial charge in [-0.2, -0.15) is 0 Å². The predicted octanol–water partition coefficient (Wildman–Crippen LogP) is 3.20. The van der Waals surface area contributed by atoms with Crippen molar-refractivity contribution in [3.05, 3.63) is 59.7 Å². The number of carbonyl (C=O) groups is 1. The van der Waals surface area contributed by atoms with Gasteiger partial charge >= 0.3 is 0 Å². The molecule has 1 saturated heterocycles. The number of benzene rings is 2. The van der Waals surface area contributed by atoms with Crippen LogP contribution in [0.3, 0.4) is 0 Å². The van der Waals surface area contributed by atoms with Gasteiger partial charge in [0.15, 0.2) is 0 Å². The lowest BCUT2D eigenvalue weighted by molar-refractivity contribution is -0.126. The van der Waals surface area contributed by atoms with Crippen molar-refractivity contribution in [1.82, 2.24) is 10.2 Å². The number of likely N-dealkylation sites (tertiary alicyclic amines) is 1. The van der Waals surface area contributed by atoms with Gasteiger partial charge in [-0.15, -0.1) is 0 Å². The molecule has 2 heterocycles. The molecular formula is C23H28N2O3. The van der Waals surface area contributed by atoms with Crippen molar-refractivity contribution in [1.29, 1.82) is 0 Å². The van der Waals surface area contributed by atoms with Crippen molar-refractivity contribution >= 4 is 5.91 Å². The number of ether oxygens (including phenoxy) is 2. The van der Waals surface area contributed by atoms with Crippen molar-refractivity contribution < 1.29 is 14.3 Å². The van der Waals surface area contributed by atoms with E-state index in [1.54, 1.807) is 7.11 Å². The second-order valence-electron chi connectivity index (χ2n) is 7.57. The maximum atomic E-state index is 12.9. The molecule has 2 atom stereocenters. The molecule has 2 unspecified atom stereocenters. The van der Waals surface area contributed by atoms with Crippen LogP contribution in [0.15, 0.2) is 48.5 Å². The van der Waals surface area contributed by atoms with E-state index in [0.29, 0.717) is 13.2 Å². The van der Waals surface area contributed by atoms with Gasteiger partial charge in [0.1, 0.15) is 18.1 Å². The highest BCUT2D eigenvalue weighted by Crippen LogP contribution is 2.32. The first kappa shape index (κ1) is 18.8. The molecule has 0 radical (unpaired) electrons. The van der Waals surface area contributed by atoms with Crippen molar-refractivity contribution in [3.63, 3.8) is 0 Å². The summed E-state index contributed by atoms with van der Waals surface area (Å²) in [5, 5.41) is 3.19. The molecule has 5 heteroatoms. The molecule has 5 nitrogen and oxygen atoms in total. The maximum Gasteiger partial charge on any atom is 0.226 e. The highest BCUT2D eigenvalue weighted by Gasteiger charge is 2.29. The Balaban J connectivity index is 1.45. The van der Waals surface area contributed by atoms with Crippen LogP contribution in [0, 0.1) is 5.92 Å². The molecule has 2 aromatic rings. The number of hydrogen-bond donors (Lipinski definition) is 1. The Morgan fingerprint density at radius 1 is 1.18 bits per heavy atom. The second kappa shape index (κ2) is 8.65. The van der Waals surface area contributed by atoms with Crippen LogP contribution in [0.2, 0.25) is 0 Å². The quantitative estimate of drug-likeness (QED) is 0.836. The first-order valence-corrected chi connectivity index (χ1v) is 10.1. The van der Waals surface area contributed by atoms with Crippen molar-refractivity contribution in [2.24, 2.45) is 5.92 Å². The Morgan fingerprint density at radius 3 is 2.75 bits per heavy atom. The summed E-state index contributed by atoms with van der Waals surface area (Å²) in [5.74, 6) is 1.69. The summed E-state index contributed by atoms with van der Waals surface area (Å²) in [6, 6.07) is 16.2. The van der Waals surface area contributed by atoms with E-state index in [1.807, 2.05) is 42.5 Å². The van der Waals surface area contributed by atoms with Crippen LogP contribution in [0.1, 0.15) is 30.0 Å². The van der Waals surface area contributed by atoms with E-state index in [4.69, 9.17) is 9.47 Å². The number of methoxy groups -OCH3 is 1. The van der Waals surface area contributed by atoms with E-state index in [9.17, 15) is 4.79 Å². The van der Waals surface area contributed by atoms with E-state index in [-0.39, 0.29) is 17.9 Å². The minimum Gasteiger partial charge on any atom is -0.496 e. The van der Waals surface area contributed by atoms with Crippen molar-refractivity contribution in [2.45, 2.75) is 25.3 Å². The van der Waals surface area contributed by atoms with Crippen LogP contribution in [0.5, 0.6) is 11.5 Å². The molecular weight excluding hydrogens is 352 g/mol. The molecule has 2 aliphatic heterocycles. The van der Waals surface area contributed by atoms with Crippen LogP contribution < -0.4 is 14.8 Å². The van der Waals surface area contributed by atoms with Crippen LogP contribution in [0.4, 0.5) is 0 Å². The largest absolute Gasteiger partial charge is 0.496 e. The van der Waals surface area contributed by atoms with Gasteiger partial charge in [0.05, 0.1) is 19.1 Å². The summed E-state index contributed by atoms with van der Waals surface area (Å²) >= 11 is 0. The summed E-state index contributed by atoms with van der Waals surface area (Å²) in [4.78, 5) is 15.3. The zero-order valence-corrected chi connectivity index (χ0v) is 16.4. The smallest absolute Gasteiger partial charge is 0.226 e. The number of fused-ring (bicyclic) bond motifs is 1. The molecule has 28 heavy (non-hydrogen) atoms. The Bertz CT molecular complexity index is 817. The third-order valence-corrected chi connectivity index (χ3v) is 5.80. The number of para-hydroxylation sites is 2. The van der Waals surface area contributed by atoms with Gasteiger partial charge in [-0.05, 0) is 50.0 Å². The predicted molar refractivity (Wildman–Crippen MR) is 109 cm³/mol. The highest BCUT2D eigenvalue weighted by molar-refractivity contribution is 5.79. The minimum atomic E-state index is -0.146. The molecule has 2 aromatic carbocycles. The van der Waals surface area contributed by atoms with Crippen LogP contribution >= 0.6 is 0 Å². The second-order valence-corrected chi connectivity index (χ2v) is 7.57. The number of nitrogens with one attached hydrogen (secondary N) is 1. The normalized spacial score (nSPS) is 20.1. The van der Waals surface area contributed by atoms with Crippen LogP contribution in [-0.4, -0.2) is 44.2 Å². The lowest BCUT2D eigenvalue weighted by atomic mass is 9.95. The number of amides is 1. The monoisotopic (exact) mass is 380 g/mol. The standard InChI is InChI=1S/C23H28N2O3/c1-27-22-11-5-3-9-19(22)20(25-12-6-7-13-25)15-24-23(26)18-14-17-8-2-4-10-21(17)28-16-18/h2-5,8-11,18,20H,6-7,12-16H2,1H3,(H,24,26). The molecule has 0 bridgehead atoms. The summed E-state index contributed by atoms with van der Waals surface area (Å²) in [6.07, 6.45) is 3.13. The molecule has 0 aromatic heterocycles. The lowest BCUT2D eigenvalue weighted by Gasteiger charge is -2.30. The van der Waals surface area contributed by atoms with E-state index in [2.05, 4.69) is 16.3 Å². The highest BCUT2D eigenvalue weighted by atomic mass is 16.5. The number of carbonyl (C=O) groups excluding carboxylic acids is 1. The SMILES string of the molecule is COc1ccccc1C(CNC(=O)C1COc2ccccc2C1)N1CCCC1. The third-order valence-electron chi connectivity index (χ3n) is 5.80. The number of rotatable bonds is 6. The molecule has 1 fully saturated rings. The van der Waals surface area contributed by atoms with Crippen LogP contribution in [0.25, 0.3) is 0 Å². The molecule has 0 spiro atoms. The molecule has 0 aliphatic carbocycles. The molecule has 148 valence electrons. The Morgan fingerprint density at radius 2 is 1.93 bits per heavy atom.